The number of nitro groups is 1. The minimum Gasteiger partial charge on any atom is -0.457 e. The molecule has 0 atom stereocenters. The fourth-order valence-electron chi connectivity index (χ4n) is 4.22. The van der Waals surface area contributed by atoms with Crippen LogP contribution in [-0.2, 0) is 16.1 Å². The van der Waals surface area contributed by atoms with Gasteiger partial charge >= 0.3 is 11.6 Å². The van der Waals surface area contributed by atoms with E-state index >= 15 is 0 Å². The molecule has 1 aromatic heterocycles. The fourth-order valence-corrected chi connectivity index (χ4v) is 4.22. The van der Waals surface area contributed by atoms with Crippen LogP contribution >= 0.6 is 0 Å². The number of carbonyl (C=O) groups excluding carboxylic acids is 1. The Morgan fingerprint density at radius 1 is 1.18 bits per heavy atom. The van der Waals surface area contributed by atoms with E-state index in [-0.39, 0.29) is 23.8 Å². The van der Waals surface area contributed by atoms with E-state index < -0.39 is 16.5 Å². The number of ether oxygens (including phenoxy) is 2. The van der Waals surface area contributed by atoms with E-state index in [1.54, 1.807) is 12.1 Å². The molecule has 9 heteroatoms. The van der Waals surface area contributed by atoms with Gasteiger partial charge < -0.3 is 18.8 Å². The molecular weight excluding hydrogens is 440 g/mol. The summed E-state index contributed by atoms with van der Waals surface area (Å²) in [6, 6.07) is 9.42. The molecule has 0 N–H and O–H groups in total. The maximum atomic E-state index is 13.0. The van der Waals surface area contributed by atoms with Gasteiger partial charge in [-0.1, -0.05) is 13.8 Å². The first-order valence-electron chi connectivity index (χ1n) is 11.1. The molecule has 178 valence electrons. The normalized spacial score (nSPS) is 13.9. The smallest absolute Gasteiger partial charge is 0.345 e. The van der Waals surface area contributed by atoms with Crippen LogP contribution in [0.15, 0.2) is 45.6 Å². The van der Waals surface area contributed by atoms with Gasteiger partial charge in [-0.05, 0) is 48.2 Å². The number of aryl methyl sites for hydroxylation is 1. The van der Waals surface area contributed by atoms with Gasteiger partial charge in [0.05, 0.1) is 18.1 Å². The van der Waals surface area contributed by atoms with Crippen LogP contribution in [-0.4, -0.2) is 37.2 Å². The highest BCUT2D eigenvalue weighted by Gasteiger charge is 2.24. The second-order valence-corrected chi connectivity index (χ2v) is 8.58. The number of rotatable bonds is 6. The average Bonchev–Trinajstić information content (AvgIpc) is 2.81. The van der Waals surface area contributed by atoms with Crippen LogP contribution in [0.1, 0.15) is 46.8 Å². The van der Waals surface area contributed by atoms with Crippen molar-refractivity contribution in [2.24, 2.45) is 0 Å². The summed E-state index contributed by atoms with van der Waals surface area (Å²) < 4.78 is 16.2. The molecule has 0 bridgehead atoms. The molecule has 0 amide bonds. The summed E-state index contributed by atoms with van der Waals surface area (Å²) >= 11 is 0. The second kappa shape index (κ2) is 9.64. The van der Waals surface area contributed by atoms with E-state index in [2.05, 4.69) is 13.8 Å². The molecule has 3 aromatic rings. The lowest BCUT2D eigenvalue weighted by atomic mass is 9.95. The highest BCUT2D eigenvalue weighted by Crippen LogP contribution is 2.29. The summed E-state index contributed by atoms with van der Waals surface area (Å²) in [5.41, 5.74) is 2.61. The maximum Gasteiger partial charge on any atom is 0.345 e. The second-order valence-electron chi connectivity index (χ2n) is 8.58. The van der Waals surface area contributed by atoms with E-state index in [9.17, 15) is 19.7 Å². The van der Waals surface area contributed by atoms with E-state index in [4.69, 9.17) is 13.9 Å². The van der Waals surface area contributed by atoms with Gasteiger partial charge in [-0.3, -0.25) is 10.1 Å². The van der Waals surface area contributed by atoms with Gasteiger partial charge in [0.25, 0.3) is 5.69 Å². The van der Waals surface area contributed by atoms with E-state index in [0.717, 1.165) is 11.1 Å². The Morgan fingerprint density at radius 3 is 2.59 bits per heavy atom. The molecule has 0 unspecified atom stereocenters. The summed E-state index contributed by atoms with van der Waals surface area (Å²) in [7, 11) is 0. The minimum atomic E-state index is -0.834. The highest BCUT2D eigenvalue weighted by atomic mass is 16.6. The zero-order valence-corrected chi connectivity index (χ0v) is 19.3. The van der Waals surface area contributed by atoms with E-state index in [0.29, 0.717) is 48.5 Å². The largest absolute Gasteiger partial charge is 0.457 e. The number of carbonyl (C=O) groups is 1. The van der Waals surface area contributed by atoms with Crippen LogP contribution in [0, 0.1) is 17.0 Å². The summed E-state index contributed by atoms with van der Waals surface area (Å²) in [5.74, 6) is -0.586. The van der Waals surface area contributed by atoms with Gasteiger partial charge in [-0.15, -0.1) is 0 Å². The average molecular weight is 466 g/mol. The van der Waals surface area contributed by atoms with Crippen molar-refractivity contribution in [3.05, 3.63) is 79.2 Å². The van der Waals surface area contributed by atoms with Crippen molar-refractivity contribution in [1.82, 2.24) is 0 Å². The topological polar surface area (TPSA) is 112 Å². The third kappa shape index (κ3) is 4.79. The standard InChI is InChI=1S/C25H26N2O7/c1-15(2)19-13-20-17(11-24(28)34-23(20)10-16(19)3)14-33-25(29)21-12-18(4-5-22(21)27(30)31)26-6-8-32-9-7-26/h4-5,10-13,15H,6-9,14H2,1-3H3. The number of hydrogen-bond acceptors (Lipinski definition) is 8. The Kier molecular flexibility index (Phi) is 6.65. The molecular formula is C25H26N2O7. The molecule has 0 aliphatic carbocycles. The molecule has 0 radical (unpaired) electrons. The first-order chi connectivity index (χ1) is 16.2. The van der Waals surface area contributed by atoms with Crippen molar-refractivity contribution < 1.29 is 23.6 Å². The number of benzene rings is 2. The van der Waals surface area contributed by atoms with Crippen LogP contribution in [0.2, 0.25) is 0 Å². The molecule has 1 saturated heterocycles. The molecule has 1 fully saturated rings. The highest BCUT2D eigenvalue weighted by molar-refractivity contribution is 5.95. The quantitative estimate of drug-likeness (QED) is 0.228. The van der Waals surface area contributed by atoms with Gasteiger partial charge in [0.1, 0.15) is 17.8 Å². The summed E-state index contributed by atoms with van der Waals surface area (Å²) in [4.78, 5) is 38.0. The van der Waals surface area contributed by atoms with Gasteiger partial charge in [0, 0.05) is 41.9 Å². The maximum absolute atomic E-state index is 13.0. The molecule has 1 aliphatic rings. The van der Waals surface area contributed by atoms with E-state index in [1.165, 1.54) is 18.2 Å². The van der Waals surface area contributed by atoms with Crippen molar-refractivity contribution in [3.8, 4) is 0 Å². The Hall–Kier alpha value is -3.72. The SMILES string of the molecule is Cc1cc2oc(=O)cc(COC(=O)c3cc(N4CCOCC4)ccc3[N+](=O)[O-])c2cc1C(C)C. The van der Waals surface area contributed by atoms with Crippen LogP contribution in [0.4, 0.5) is 11.4 Å². The van der Waals surface area contributed by atoms with E-state index in [1.807, 2.05) is 17.9 Å². The molecule has 9 nitrogen and oxygen atoms in total. The number of esters is 1. The Balaban J connectivity index is 1.65. The summed E-state index contributed by atoms with van der Waals surface area (Å²) in [5, 5.41) is 12.2. The number of nitro benzene ring substituents is 1. The molecule has 0 spiro atoms. The Morgan fingerprint density at radius 2 is 1.91 bits per heavy atom. The third-order valence-electron chi connectivity index (χ3n) is 5.97. The number of hydrogen-bond donors (Lipinski definition) is 0. The number of morpholine rings is 1. The van der Waals surface area contributed by atoms with Crippen LogP contribution in [0.3, 0.4) is 0 Å². The van der Waals surface area contributed by atoms with Crippen molar-refractivity contribution in [2.45, 2.75) is 33.3 Å². The van der Waals surface area contributed by atoms with Crippen LogP contribution < -0.4 is 10.5 Å². The van der Waals surface area contributed by atoms with Gasteiger partial charge in [0.15, 0.2) is 0 Å². The van der Waals surface area contributed by atoms with Gasteiger partial charge in [-0.25, -0.2) is 9.59 Å². The van der Waals surface area contributed by atoms with Crippen LogP contribution in [0.5, 0.6) is 0 Å². The lowest BCUT2D eigenvalue weighted by molar-refractivity contribution is -0.385. The summed E-state index contributed by atoms with van der Waals surface area (Å²) in [6.07, 6.45) is 0. The molecule has 34 heavy (non-hydrogen) atoms. The minimum absolute atomic E-state index is 0.139. The molecule has 2 aromatic carbocycles. The molecule has 2 heterocycles. The van der Waals surface area contributed by atoms with Crippen molar-refractivity contribution in [1.29, 1.82) is 0 Å². The Bertz CT molecular complexity index is 1310. The van der Waals surface area contributed by atoms with Crippen LogP contribution in [0.25, 0.3) is 11.0 Å². The van der Waals surface area contributed by atoms with Gasteiger partial charge in [-0.2, -0.15) is 0 Å². The third-order valence-corrected chi connectivity index (χ3v) is 5.97. The predicted octanol–water partition coefficient (Wildman–Crippen LogP) is 4.33. The lowest BCUT2D eigenvalue weighted by Crippen LogP contribution is -2.36. The lowest BCUT2D eigenvalue weighted by Gasteiger charge is -2.29. The number of anilines is 1. The zero-order valence-electron chi connectivity index (χ0n) is 19.3. The fraction of sp³-hybridized carbons (Fsp3) is 0.360. The number of fused-ring (bicyclic) bond motifs is 1. The molecule has 0 saturated carbocycles. The van der Waals surface area contributed by atoms with Crippen molar-refractivity contribution in [2.75, 3.05) is 31.2 Å². The molecule has 4 rings (SSSR count). The van der Waals surface area contributed by atoms with Gasteiger partial charge in [0.2, 0.25) is 0 Å². The first kappa shape index (κ1) is 23.4. The monoisotopic (exact) mass is 466 g/mol. The number of nitrogens with zero attached hydrogens (tertiary/aromatic N) is 2. The summed E-state index contributed by atoms with van der Waals surface area (Å²) in [6.45, 7) is 8.17. The zero-order chi connectivity index (χ0) is 24.4. The molecule has 1 aliphatic heterocycles. The van der Waals surface area contributed by atoms with Crippen molar-refractivity contribution in [3.63, 3.8) is 0 Å². The predicted molar refractivity (Wildman–Crippen MR) is 127 cm³/mol. The van der Waals surface area contributed by atoms with Crippen molar-refractivity contribution >= 4 is 28.3 Å². The Labute approximate surface area is 196 Å². The first-order valence-corrected chi connectivity index (χ1v) is 11.1.